The fraction of sp³-hybridized carbons (Fsp3) is 0.600. The van der Waals surface area contributed by atoms with E-state index < -0.39 is 17.8 Å². The molecule has 0 spiro atoms. The van der Waals surface area contributed by atoms with Gasteiger partial charge >= 0.3 is 6.18 Å². The average Bonchev–Trinajstić information content (AvgIpc) is 3.31. The molecule has 2 amide bonds. The van der Waals surface area contributed by atoms with Crippen LogP contribution >= 0.6 is 0 Å². The number of likely N-dealkylation sites (tertiary alicyclic amines) is 2. The fourth-order valence-corrected chi connectivity index (χ4v) is 4.45. The lowest BCUT2D eigenvalue weighted by atomic mass is 9.90. The summed E-state index contributed by atoms with van der Waals surface area (Å²) < 4.78 is 45.9. The van der Waals surface area contributed by atoms with Gasteiger partial charge in [0, 0.05) is 37.7 Å². The van der Waals surface area contributed by atoms with Crippen molar-refractivity contribution in [1.29, 1.82) is 0 Å². The highest BCUT2D eigenvalue weighted by molar-refractivity contribution is 5.88. The van der Waals surface area contributed by atoms with Crippen molar-refractivity contribution in [3.05, 3.63) is 23.0 Å². The summed E-state index contributed by atoms with van der Waals surface area (Å²) in [5.41, 5.74) is -0.444. The highest BCUT2D eigenvalue weighted by Gasteiger charge is 2.38. The smallest absolute Gasteiger partial charge is 0.341 e. The van der Waals surface area contributed by atoms with E-state index in [-0.39, 0.29) is 40.2 Å². The van der Waals surface area contributed by atoms with Crippen molar-refractivity contribution in [3.8, 4) is 0 Å². The maximum Gasteiger partial charge on any atom is 0.417 e. The molecular weight excluding hydrogens is 401 g/mol. The van der Waals surface area contributed by atoms with Crippen LogP contribution in [0.3, 0.4) is 0 Å². The summed E-state index contributed by atoms with van der Waals surface area (Å²) in [6.07, 6.45) is -2.38. The summed E-state index contributed by atoms with van der Waals surface area (Å²) in [6, 6.07) is 0.490. The molecule has 0 N–H and O–H groups in total. The molecule has 10 heteroatoms. The number of aryl methyl sites for hydroxylation is 1. The van der Waals surface area contributed by atoms with Gasteiger partial charge in [0.05, 0.1) is 16.6 Å². The predicted octanol–water partition coefficient (Wildman–Crippen LogP) is 3.27. The molecule has 7 nitrogen and oxygen atoms in total. The molecule has 30 heavy (non-hydrogen) atoms. The normalized spacial score (nSPS) is 19.7. The second-order valence-corrected chi connectivity index (χ2v) is 8.02. The molecule has 4 rings (SSSR count). The Morgan fingerprint density at radius 1 is 1.27 bits per heavy atom. The molecule has 0 bridgehead atoms. The second-order valence-electron chi connectivity index (χ2n) is 8.02. The van der Waals surface area contributed by atoms with Gasteiger partial charge in [-0.05, 0) is 39.2 Å². The zero-order chi connectivity index (χ0) is 21.6. The molecule has 0 saturated carbocycles. The summed E-state index contributed by atoms with van der Waals surface area (Å²) >= 11 is 0. The SMILES string of the molecule is Cc1cc(C(F)(F)F)c2c(C3CCN(C(=O)[C@@H](C)N4CCCC4=O)CC3)noc2n1. The highest BCUT2D eigenvalue weighted by atomic mass is 19.4. The molecule has 1 atom stereocenters. The Morgan fingerprint density at radius 3 is 2.57 bits per heavy atom. The van der Waals surface area contributed by atoms with Gasteiger partial charge in [-0.3, -0.25) is 9.59 Å². The fourth-order valence-electron chi connectivity index (χ4n) is 4.45. The van der Waals surface area contributed by atoms with E-state index in [9.17, 15) is 22.8 Å². The van der Waals surface area contributed by atoms with E-state index in [0.717, 1.165) is 12.5 Å². The van der Waals surface area contributed by atoms with Gasteiger partial charge in [0.15, 0.2) is 0 Å². The van der Waals surface area contributed by atoms with Crippen LogP contribution in [-0.2, 0) is 15.8 Å². The molecule has 2 aliphatic rings. The predicted molar refractivity (Wildman–Crippen MR) is 101 cm³/mol. The van der Waals surface area contributed by atoms with Crippen molar-refractivity contribution in [2.75, 3.05) is 19.6 Å². The van der Waals surface area contributed by atoms with Gasteiger partial charge in [-0.1, -0.05) is 5.16 Å². The second kappa shape index (κ2) is 7.55. The number of piperidine rings is 1. The van der Waals surface area contributed by atoms with Gasteiger partial charge in [0.1, 0.15) is 6.04 Å². The molecular formula is C20H23F3N4O3. The summed E-state index contributed by atoms with van der Waals surface area (Å²) in [5, 5.41) is 3.83. The van der Waals surface area contributed by atoms with Crippen molar-refractivity contribution in [3.63, 3.8) is 0 Å². The Morgan fingerprint density at radius 2 is 1.97 bits per heavy atom. The lowest BCUT2D eigenvalue weighted by Crippen LogP contribution is -2.49. The first-order chi connectivity index (χ1) is 14.2. The van der Waals surface area contributed by atoms with Crippen LogP contribution in [0.4, 0.5) is 13.2 Å². The number of hydrogen-bond acceptors (Lipinski definition) is 5. The summed E-state index contributed by atoms with van der Waals surface area (Å²) in [5.74, 6) is -0.395. The molecule has 2 fully saturated rings. The zero-order valence-electron chi connectivity index (χ0n) is 16.8. The first-order valence-corrected chi connectivity index (χ1v) is 10.1. The van der Waals surface area contributed by atoms with E-state index in [4.69, 9.17) is 4.52 Å². The third kappa shape index (κ3) is 3.63. The lowest BCUT2D eigenvalue weighted by molar-refractivity contribution is -0.143. The van der Waals surface area contributed by atoms with Crippen LogP contribution < -0.4 is 0 Å². The minimum Gasteiger partial charge on any atom is -0.341 e. The number of carbonyl (C=O) groups is 2. The van der Waals surface area contributed by atoms with Crippen molar-refractivity contribution in [2.24, 2.45) is 0 Å². The molecule has 2 aliphatic heterocycles. The third-order valence-corrected chi connectivity index (χ3v) is 6.03. The zero-order valence-corrected chi connectivity index (χ0v) is 16.8. The largest absolute Gasteiger partial charge is 0.417 e. The molecule has 0 aliphatic carbocycles. The Bertz CT molecular complexity index is 980. The van der Waals surface area contributed by atoms with Crippen LogP contribution in [0.25, 0.3) is 11.1 Å². The number of aromatic nitrogens is 2. The average molecular weight is 424 g/mol. The lowest BCUT2D eigenvalue weighted by Gasteiger charge is -2.35. The number of amides is 2. The molecule has 2 saturated heterocycles. The first kappa shape index (κ1) is 20.6. The van der Waals surface area contributed by atoms with Crippen molar-refractivity contribution in [1.82, 2.24) is 19.9 Å². The van der Waals surface area contributed by atoms with Crippen LogP contribution in [0, 0.1) is 6.92 Å². The highest BCUT2D eigenvalue weighted by Crippen LogP contribution is 2.40. The summed E-state index contributed by atoms with van der Waals surface area (Å²) in [7, 11) is 0. The molecule has 0 unspecified atom stereocenters. The molecule has 162 valence electrons. The van der Waals surface area contributed by atoms with Crippen LogP contribution in [0.2, 0.25) is 0 Å². The van der Waals surface area contributed by atoms with Gasteiger partial charge in [-0.25, -0.2) is 4.98 Å². The Kier molecular flexibility index (Phi) is 5.19. The van der Waals surface area contributed by atoms with Gasteiger partial charge in [-0.2, -0.15) is 13.2 Å². The van der Waals surface area contributed by atoms with Crippen molar-refractivity contribution in [2.45, 2.75) is 57.7 Å². The van der Waals surface area contributed by atoms with Crippen molar-refractivity contribution < 1.29 is 27.3 Å². The van der Waals surface area contributed by atoms with E-state index >= 15 is 0 Å². The number of rotatable bonds is 3. The van der Waals surface area contributed by atoms with Gasteiger partial charge in [0.2, 0.25) is 11.8 Å². The number of hydrogen-bond donors (Lipinski definition) is 0. The van der Waals surface area contributed by atoms with Gasteiger partial charge in [0.25, 0.3) is 5.71 Å². The minimum absolute atomic E-state index is 0.0118. The quantitative estimate of drug-likeness (QED) is 0.756. The standard InChI is InChI=1S/C20H23F3N4O3/c1-11-10-14(20(21,22)23)16-17(25-30-18(16)24-11)13-5-8-26(9-6-13)19(29)12(2)27-7-3-4-15(27)28/h10,12-13H,3-9H2,1-2H3/t12-/m1/s1. The third-order valence-electron chi connectivity index (χ3n) is 6.03. The molecule has 2 aromatic heterocycles. The van der Waals surface area contributed by atoms with E-state index in [1.165, 1.54) is 6.92 Å². The maximum atomic E-state index is 13.6. The van der Waals surface area contributed by atoms with Crippen LogP contribution in [0.5, 0.6) is 0 Å². The van der Waals surface area contributed by atoms with Crippen LogP contribution in [0.1, 0.15) is 55.5 Å². The molecule has 0 radical (unpaired) electrons. The number of pyridine rings is 1. The Balaban J connectivity index is 1.51. The van der Waals surface area contributed by atoms with Crippen molar-refractivity contribution >= 4 is 22.9 Å². The van der Waals surface area contributed by atoms with E-state index in [1.807, 2.05) is 0 Å². The van der Waals surface area contributed by atoms with E-state index in [0.29, 0.717) is 38.9 Å². The number of halogens is 3. The van der Waals surface area contributed by atoms with Gasteiger partial charge in [-0.15, -0.1) is 0 Å². The summed E-state index contributed by atoms with van der Waals surface area (Å²) in [4.78, 5) is 32.0. The summed E-state index contributed by atoms with van der Waals surface area (Å²) in [6.45, 7) is 4.58. The van der Waals surface area contributed by atoms with E-state index in [2.05, 4.69) is 10.1 Å². The number of nitrogens with zero attached hydrogens (tertiary/aromatic N) is 4. The monoisotopic (exact) mass is 424 g/mol. The van der Waals surface area contributed by atoms with E-state index in [1.54, 1.807) is 16.7 Å². The maximum absolute atomic E-state index is 13.6. The molecule has 0 aromatic carbocycles. The molecule has 2 aromatic rings. The van der Waals surface area contributed by atoms with Crippen LogP contribution in [-0.4, -0.2) is 57.4 Å². The van der Waals surface area contributed by atoms with Gasteiger partial charge < -0.3 is 14.3 Å². The Hall–Kier alpha value is -2.65. The number of alkyl halides is 3. The topological polar surface area (TPSA) is 79.5 Å². The number of fused-ring (bicyclic) bond motifs is 1. The minimum atomic E-state index is -4.54. The number of carbonyl (C=O) groups excluding carboxylic acids is 2. The first-order valence-electron chi connectivity index (χ1n) is 10.1. The Labute approximate surface area is 171 Å². The molecule has 4 heterocycles. The van der Waals surface area contributed by atoms with Crippen LogP contribution in [0.15, 0.2) is 10.6 Å².